The number of benzene rings is 1. The van der Waals surface area contributed by atoms with Crippen molar-refractivity contribution in [3.63, 3.8) is 0 Å². The molecular weight excluding hydrogens is 280 g/mol. The summed E-state index contributed by atoms with van der Waals surface area (Å²) in [6.45, 7) is 2.61. The Kier molecular flexibility index (Phi) is 3.15. The van der Waals surface area contributed by atoms with Gasteiger partial charge in [-0.05, 0) is 36.6 Å². The highest BCUT2D eigenvalue weighted by molar-refractivity contribution is 7.86. The second-order valence-corrected chi connectivity index (χ2v) is 7.33. The van der Waals surface area contributed by atoms with Crippen molar-refractivity contribution in [1.82, 2.24) is 8.61 Å². The Hall–Kier alpha value is -1.31. The summed E-state index contributed by atoms with van der Waals surface area (Å²) in [5.41, 5.74) is 2.12. The van der Waals surface area contributed by atoms with Crippen molar-refractivity contribution in [2.45, 2.75) is 19.4 Å². The molecule has 0 N–H and O–H groups in total. The lowest BCUT2D eigenvalue weighted by molar-refractivity contribution is 0.174. The fourth-order valence-electron chi connectivity index (χ4n) is 2.71. The van der Waals surface area contributed by atoms with E-state index in [2.05, 4.69) is 0 Å². The molecule has 2 aliphatic rings. The molecule has 0 radical (unpaired) electrons. The molecule has 20 heavy (non-hydrogen) atoms. The minimum absolute atomic E-state index is 0.208. The second-order valence-electron chi connectivity index (χ2n) is 5.23. The van der Waals surface area contributed by atoms with Crippen LogP contribution in [-0.4, -0.2) is 44.5 Å². The smallest absolute Gasteiger partial charge is 0.282 e. The van der Waals surface area contributed by atoms with Gasteiger partial charge in [-0.3, -0.25) is 0 Å². The van der Waals surface area contributed by atoms with Crippen LogP contribution in [-0.2, 0) is 16.6 Å². The molecule has 1 atom stereocenters. The average Bonchev–Trinajstić information content (AvgIpc) is 2.83. The molecule has 0 saturated carbocycles. The molecule has 1 aromatic rings. The van der Waals surface area contributed by atoms with Crippen molar-refractivity contribution in [2.24, 2.45) is 0 Å². The SMILES string of the molecule is CC1c2cc3c(cc2CCN1S(=O)(=O)N(C)C)OCO3. The van der Waals surface area contributed by atoms with Gasteiger partial charge in [0.25, 0.3) is 10.2 Å². The molecule has 2 heterocycles. The molecule has 0 fully saturated rings. The fraction of sp³-hybridized carbons (Fsp3) is 0.538. The molecule has 7 heteroatoms. The van der Waals surface area contributed by atoms with Crippen molar-refractivity contribution >= 4 is 10.2 Å². The zero-order valence-electron chi connectivity index (χ0n) is 11.8. The molecule has 0 saturated heterocycles. The maximum atomic E-state index is 12.3. The number of fused-ring (bicyclic) bond motifs is 2. The summed E-state index contributed by atoms with van der Waals surface area (Å²) in [6.07, 6.45) is 0.684. The maximum Gasteiger partial charge on any atom is 0.282 e. The Bertz CT molecular complexity index is 642. The Labute approximate surface area is 119 Å². The van der Waals surface area contributed by atoms with Crippen LogP contribution in [0, 0.1) is 0 Å². The van der Waals surface area contributed by atoms with Gasteiger partial charge in [-0.2, -0.15) is 17.0 Å². The number of hydrogen-bond donors (Lipinski definition) is 0. The summed E-state index contributed by atoms with van der Waals surface area (Å²) in [7, 11) is -0.306. The zero-order valence-corrected chi connectivity index (χ0v) is 12.6. The molecule has 0 amide bonds. The summed E-state index contributed by atoms with van der Waals surface area (Å²) in [5, 5.41) is 0. The van der Waals surface area contributed by atoms with Crippen molar-refractivity contribution < 1.29 is 17.9 Å². The van der Waals surface area contributed by atoms with Crippen LogP contribution in [0.25, 0.3) is 0 Å². The van der Waals surface area contributed by atoms with Crippen LogP contribution < -0.4 is 9.47 Å². The van der Waals surface area contributed by atoms with Crippen LogP contribution in [0.1, 0.15) is 24.1 Å². The molecular formula is C13H18N2O4S. The normalized spacial score (nSPS) is 22.1. The van der Waals surface area contributed by atoms with E-state index >= 15 is 0 Å². The second kappa shape index (κ2) is 4.61. The lowest BCUT2D eigenvalue weighted by Crippen LogP contribution is -2.44. The predicted molar refractivity (Wildman–Crippen MR) is 74.0 cm³/mol. The van der Waals surface area contributed by atoms with E-state index in [4.69, 9.17) is 9.47 Å². The topological polar surface area (TPSA) is 59.1 Å². The number of hydrogen-bond acceptors (Lipinski definition) is 4. The highest BCUT2D eigenvalue weighted by atomic mass is 32.2. The van der Waals surface area contributed by atoms with Crippen LogP contribution in [0.3, 0.4) is 0 Å². The van der Waals surface area contributed by atoms with E-state index in [0.29, 0.717) is 18.7 Å². The molecule has 1 unspecified atom stereocenters. The quantitative estimate of drug-likeness (QED) is 0.821. The first kappa shape index (κ1) is 13.7. The Morgan fingerprint density at radius 3 is 2.55 bits per heavy atom. The molecule has 0 aromatic heterocycles. The summed E-state index contributed by atoms with van der Waals surface area (Å²) in [5.74, 6) is 1.44. The molecule has 0 aliphatic carbocycles. The van der Waals surface area contributed by atoms with Crippen molar-refractivity contribution in [3.8, 4) is 11.5 Å². The van der Waals surface area contributed by atoms with Gasteiger partial charge in [-0.15, -0.1) is 0 Å². The van der Waals surface area contributed by atoms with Gasteiger partial charge in [-0.25, -0.2) is 0 Å². The highest BCUT2D eigenvalue weighted by Crippen LogP contribution is 2.41. The summed E-state index contributed by atoms with van der Waals surface area (Å²) >= 11 is 0. The van der Waals surface area contributed by atoms with Gasteiger partial charge >= 0.3 is 0 Å². The number of nitrogens with zero attached hydrogens (tertiary/aromatic N) is 2. The standard InChI is InChI=1S/C13H18N2O4S/c1-9-11-7-13-12(18-8-19-13)6-10(11)4-5-15(9)20(16,17)14(2)3/h6-7,9H,4-5,8H2,1-3H3. The van der Waals surface area contributed by atoms with Crippen molar-refractivity contribution in [1.29, 1.82) is 0 Å². The van der Waals surface area contributed by atoms with Gasteiger partial charge in [0.2, 0.25) is 6.79 Å². The van der Waals surface area contributed by atoms with Crippen molar-refractivity contribution in [3.05, 3.63) is 23.3 Å². The predicted octanol–water partition coefficient (Wildman–Crippen LogP) is 1.14. The molecule has 110 valence electrons. The maximum absolute atomic E-state index is 12.3. The number of ether oxygens (including phenoxy) is 2. The van der Waals surface area contributed by atoms with Gasteiger partial charge in [0.15, 0.2) is 11.5 Å². The lowest BCUT2D eigenvalue weighted by Gasteiger charge is -2.35. The lowest BCUT2D eigenvalue weighted by atomic mass is 9.94. The summed E-state index contributed by atoms with van der Waals surface area (Å²) in [4.78, 5) is 0. The van der Waals surface area contributed by atoms with E-state index in [1.165, 1.54) is 8.61 Å². The Balaban J connectivity index is 2.01. The van der Waals surface area contributed by atoms with Crippen LogP contribution in [0.15, 0.2) is 12.1 Å². The first-order valence-corrected chi connectivity index (χ1v) is 7.92. The van der Waals surface area contributed by atoms with Crippen molar-refractivity contribution in [2.75, 3.05) is 27.4 Å². The van der Waals surface area contributed by atoms with Gasteiger partial charge in [0.05, 0.1) is 0 Å². The van der Waals surface area contributed by atoms with Gasteiger partial charge in [0, 0.05) is 26.7 Å². The summed E-state index contributed by atoms with van der Waals surface area (Å²) < 4.78 is 38.2. The van der Waals surface area contributed by atoms with E-state index in [9.17, 15) is 8.42 Å². The first-order chi connectivity index (χ1) is 9.41. The molecule has 1 aromatic carbocycles. The van der Waals surface area contributed by atoms with Gasteiger partial charge in [-0.1, -0.05) is 0 Å². The monoisotopic (exact) mass is 298 g/mol. The third-order valence-electron chi connectivity index (χ3n) is 3.88. The van der Waals surface area contributed by atoms with E-state index in [-0.39, 0.29) is 12.8 Å². The molecule has 6 nitrogen and oxygen atoms in total. The van der Waals surface area contributed by atoms with Crippen LogP contribution >= 0.6 is 0 Å². The zero-order chi connectivity index (χ0) is 14.5. The van der Waals surface area contributed by atoms with Crippen LogP contribution in [0.2, 0.25) is 0 Å². The Morgan fingerprint density at radius 2 is 1.90 bits per heavy atom. The van der Waals surface area contributed by atoms with E-state index < -0.39 is 10.2 Å². The van der Waals surface area contributed by atoms with E-state index in [1.807, 2.05) is 19.1 Å². The van der Waals surface area contributed by atoms with Gasteiger partial charge in [0.1, 0.15) is 0 Å². The third kappa shape index (κ3) is 1.97. The third-order valence-corrected chi connectivity index (χ3v) is 5.89. The highest BCUT2D eigenvalue weighted by Gasteiger charge is 2.35. The molecule has 3 rings (SSSR count). The first-order valence-electron chi connectivity index (χ1n) is 6.53. The van der Waals surface area contributed by atoms with E-state index in [0.717, 1.165) is 16.9 Å². The van der Waals surface area contributed by atoms with Crippen LogP contribution in [0.4, 0.5) is 0 Å². The molecule has 2 aliphatic heterocycles. The Morgan fingerprint density at radius 1 is 1.25 bits per heavy atom. The van der Waals surface area contributed by atoms with Crippen LogP contribution in [0.5, 0.6) is 11.5 Å². The average molecular weight is 298 g/mol. The minimum Gasteiger partial charge on any atom is -0.454 e. The minimum atomic E-state index is -3.41. The molecule has 0 bridgehead atoms. The van der Waals surface area contributed by atoms with Gasteiger partial charge < -0.3 is 9.47 Å². The van der Waals surface area contributed by atoms with E-state index in [1.54, 1.807) is 14.1 Å². The largest absolute Gasteiger partial charge is 0.454 e. The molecule has 0 spiro atoms. The number of rotatable bonds is 2. The summed E-state index contributed by atoms with van der Waals surface area (Å²) in [6, 6.07) is 3.66. The fourth-order valence-corrected chi connectivity index (χ4v) is 3.96.